The Morgan fingerprint density at radius 1 is 0.958 bits per heavy atom. The van der Waals surface area contributed by atoms with E-state index in [9.17, 15) is 4.79 Å². The molecule has 12 nitrogen and oxygen atoms in total. The van der Waals surface area contributed by atoms with Crippen molar-refractivity contribution in [3.05, 3.63) is 71.3 Å². The Bertz CT molecular complexity index is 1790. The Hall–Kier alpha value is -4.29. The van der Waals surface area contributed by atoms with Crippen LogP contribution in [-0.2, 0) is 11.0 Å². The van der Waals surface area contributed by atoms with E-state index < -0.39 is 0 Å². The smallest absolute Gasteiger partial charge is 0.320 e. The predicted molar refractivity (Wildman–Crippen MR) is 187 cm³/mol. The molecule has 3 aromatic heterocycles. The third-order valence-electron chi connectivity index (χ3n) is 10.4. The molecule has 12 heteroatoms. The number of piperazine rings is 1. The summed E-state index contributed by atoms with van der Waals surface area (Å²) in [5, 5.41) is 15.3. The molecule has 0 bridgehead atoms. The second kappa shape index (κ2) is 12.6. The van der Waals surface area contributed by atoms with Gasteiger partial charge in [-0.15, -0.1) is 10.2 Å². The van der Waals surface area contributed by atoms with Gasteiger partial charge in [-0.25, -0.2) is 9.78 Å². The SMILES string of the molecule is CN1CCN(c2nc(NC(=O)N[C@H]3CC[C@@H](Oc4ccc5nnc(C6(C)CCCN6C)n5c4)c4ccccc43)cc(C(C)(C)C)n2)CC1. The van der Waals surface area contributed by atoms with Gasteiger partial charge in [0, 0.05) is 37.7 Å². The number of fused-ring (bicyclic) bond motifs is 2. The molecule has 0 spiro atoms. The van der Waals surface area contributed by atoms with Crippen molar-refractivity contribution < 1.29 is 9.53 Å². The number of nitrogens with zero attached hydrogens (tertiary/aromatic N) is 8. The summed E-state index contributed by atoms with van der Waals surface area (Å²) in [4.78, 5) is 30.0. The summed E-state index contributed by atoms with van der Waals surface area (Å²) in [5.41, 5.74) is 3.49. The van der Waals surface area contributed by atoms with Crippen LogP contribution in [-0.4, -0.2) is 87.2 Å². The molecule has 2 aliphatic heterocycles. The van der Waals surface area contributed by atoms with Gasteiger partial charge in [-0.1, -0.05) is 45.0 Å². The monoisotopic (exact) mass is 652 g/mol. The number of anilines is 2. The number of carbonyl (C=O) groups is 1. The molecular formula is C36H48N10O2. The Morgan fingerprint density at radius 3 is 2.46 bits per heavy atom. The molecule has 254 valence electrons. The van der Waals surface area contributed by atoms with E-state index >= 15 is 0 Å². The first-order chi connectivity index (χ1) is 23.0. The van der Waals surface area contributed by atoms with Gasteiger partial charge >= 0.3 is 6.03 Å². The summed E-state index contributed by atoms with van der Waals surface area (Å²) in [5.74, 6) is 2.88. The number of aromatic nitrogens is 5. The van der Waals surface area contributed by atoms with Crippen molar-refractivity contribution in [3.8, 4) is 5.75 Å². The summed E-state index contributed by atoms with van der Waals surface area (Å²) in [6.07, 6.45) is 5.55. The van der Waals surface area contributed by atoms with Gasteiger partial charge in [-0.3, -0.25) is 14.6 Å². The fourth-order valence-corrected chi connectivity index (χ4v) is 7.22. The lowest BCUT2D eigenvalue weighted by molar-refractivity contribution is 0.170. The summed E-state index contributed by atoms with van der Waals surface area (Å²) in [7, 11) is 4.28. The van der Waals surface area contributed by atoms with Gasteiger partial charge in [0.05, 0.1) is 23.5 Å². The van der Waals surface area contributed by atoms with Crippen molar-refractivity contribution in [2.75, 3.05) is 57.0 Å². The van der Waals surface area contributed by atoms with Crippen molar-refractivity contribution in [3.63, 3.8) is 0 Å². The molecule has 0 saturated carbocycles. The molecule has 1 aliphatic carbocycles. The predicted octanol–water partition coefficient (Wildman–Crippen LogP) is 5.29. The summed E-state index contributed by atoms with van der Waals surface area (Å²) in [6, 6.07) is 13.6. The lowest BCUT2D eigenvalue weighted by Crippen LogP contribution is -2.45. The van der Waals surface area contributed by atoms with Gasteiger partial charge in [-0.2, -0.15) is 4.98 Å². The topological polar surface area (TPSA) is 116 Å². The summed E-state index contributed by atoms with van der Waals surface area (Å²) < 4.78 is 8.74. The Kier molecular flexibility index (Phi) is 8.49. The quantitative estimate of drug-likeness (QED) is 0.287. The summed E-state index contributed by atoms with van der Waals surface area (Å²) in [6.45, 7) is 13.3. The van der Waals surface area contributed by atoms with Crippen molar-refractivity contribution >= 4 is 23.4 Å². The molecule has 0 radical (unpaired) electrons. The lowest BCUT2D eigenvalue weighted by atomic mass is 9.85. The molecule has 5 heterocycles. The van der Waals surface area contributed by atoms with Crippen molar-refractivity contribution in [2.24, 2.45) is 0 Å². The third-order valence-corrected chi connectivity index (χ3v) is 10.4. The first-order valence-electron chi connectivity index (χ1n) is 17.2. The van der Waals surface area contributed by atoms with E-state index in [0.717, 1.165) is 92.4 Å². The van der Waals surface area contributed by atoms with E-state index in [1.54, 1.807) is 0 Å². The van der Waals surface area contributed by atoms with Gasteiger partial charge in [-0.05, 0) is 76.5 Å². The number of urea groups is 1. The number of carbonyl (C=O) groups excluding carboxylic acids is 1. The van der Waals surface area contributed by atoms with E-state index in [-0.39, 0.29) is 29.1 Å². The van der Waals surface area contributed by atoms with Crippen LogP contribution in [0.4, 0.5) is 16.6 Å². The van der Waals surface area contributed by atoms with Gasteiger partial charge in [0.2, 0.25) is 5.95 Å². The summed E-state index contributed by atoms with van der Waals surface area (Å²) >= 11 is 0. The highest BCUT2D eigenvalue weighted by atomic mass is 16.5. The van der Waals surface area contributed by atoms with Crippen LogP contribution >= 0.6 is 0 Å². The minimum absolute atomic E-state index is 0.146. The zero-order valence-electron chi connectivity index (χ0n) is 29.0. The molecule has 4 aromatic rings. The molecule has 2 amide bonds. The van der Waals surface area contributed by atoms with E-state index in [0.29, 0.717) is 11.8 Å². The average molecular weight is 653 g/mol. The highest BCUT2D eigenvalue weighted by molar-refractivity contribution is 5.88. The third kappa shape index (κ3) is 6.30. The number of hydrogen-bond acceptors (Lipinski definition) is 9. The molecule has 7 rings (SSSR count). The number of benzene rings is 1. The number of likely N-dealkylation sites (N-methyl/N-ethyl adjacent to an activating group) is 1. The Balaban J connectivity index is 1.07. The van der Waals surface area contributed by atoms with Crippen molar-refractivity contribution in [2.45, 2.75) is 76.5 Å². The lowest BCUT2D eigenvalue weighted by Gasteiger charge is -2.33. The average Bonchev–Trinajstić information content (AvgIpc) is 3.64. The minimum Gasteiger partial charge on any atom is -0.484 e. The normalized spacial score (nSPS) is 23.7. The van der Waals surface area contributed by atoms with Crippen LogP contribution in [0.3, 0.4) is 0 Å². The molecule has 48 heavy (non-hydrogen) atoms. The Morgan fingerprint density at radius 2 is 1.73 bits per heavy atom. The maximum atomic E-state index is 13.5. The van der Waals surface area contributed by atoms with Crippen LogP contribution < -0.4 is 20.3 Å². The maximum Gasteiger partial charge on any atom is 0.320 e. The van der Waals surface area contributed by atoms with Crippen LogP contribution in [0.25, 0.3) is 5.65 Å². The van der Waals surface area contributed by atoms with Crippen LogP contribution in [0.1, 0.15) is 88.2 Å². The number of amides is 2. The fourth-order valence-electron chi connectivity index (χ4n) is 7.22. The van der Waals surface area contributed by atoms with Gasteiger partial charge in [0.1, 0.15) is 17.7 Å². The van der Waals surface area contributed by atoms with Crippen molar-refractivity contribution in [1.29, 1.82) is 0 Å². The molecule has 3 aliphatic rings. The molecule has 2 fully saturated rings. The second-order valence-corrected chi connectivity index (χ2v) is 14.9. The van der Waals surface area contributed by atoms with Gasteiger partial charge < -0.3 is 19.9 Å². The van der Waals surface area contributed by atoms with E-state index in [1.807, 2.05) is 36.5 Å². The number of likely N-dealkylation sites (tertiary alicyclic amines) is 1. The van der Waals surface area contributed by atoms with Crippen LogP contribution in [0.5, 0.6) is 5.75 Å². The zero-order valence-corrected chi connectivity index (χ0v) is 29.0. The zero-order chi connectivity index (χ0) is 33.6. The number of nitrogens with one attached hydrogen (secondary N) is 2. The van der Waals surface area contributed by atoms with E-state index in [2.05, 4.69) is 93.9 Å². The number of ether oxygens (including phenoxy) is 1. The van der Waals surface area contributed by atoms with E-state index in [1.165, 1.54) is 0 Å². The number of pyridine rings is 1. The first kappa shape index (κ1) is 32.3. The molecule has 2 N–H and O–H groups in total. The van der Waals surface area contributed by atoms with Crippen LogP contribution in [0, 0.1) is 0 Å². The standard InChI is InChI=1S/C36H48N10O2/c1-35(2,3)29-22-30(39-33(38-29)45-20-18-43(5)19-21-45)40-34(47)37-27-13-14-28(26-11-8-7-10-25(26)27)48-24-12-15-31-41-42-32(46(31)23-24)36(4)16-9-17-44(36)6/h7-8,10-12,15,22-23,27-28H,9,13-14,16-21H2,1-6H3,(H2,37,38,39,40,47)/t27-,28+,36?/m0/s1. The highest BCUT2D eigenvalue weighted by Crippen LogP contribution is 2.40. The molecule has 1 unspecified atom stereocenters. The number of rotatable bonds is 6. The maximum absolute atomic E-state index is 13.5. The van der Waals surface area contributed by atoms with Crippen LogP contribution in [0.15, 0.2) is 48.7 Å². The Labute approximate surface area is 282 Å². The second-order valence-electron chi connectivity index (χ2n) is 14.9. The molecular weight excluding hydrogens is 604 g/mol. The first-order valence-corrected chi connectivity index (χ1v) is 17.2. The highest BCUT2D eigenvalue weighted by Gasteiger charge is 2.40. The van der Waals surface area contributed by atoms with Gasteiger partial charge in [0.25, 0.3) is 0 Å². The number of hydrogen-bond donors (Lipinski definition) is 2. The van der Waals surface area contributed by atoms with Crippen molar-refractivity contribution in [1.82, 2.24) is 39.7 Å². The molecule has 2 saturated heterocycles. The fraction of sp³-hybridized carbons (Fsp3) is 0.528. The van der Waals surface area contributed by atoms with Crippen LogP contribution in [0.2, 0.25) is 0 Å². The minimum atomic E-state index is -0.284. The van der Waals surface area contributed by atoms with E-state index in [4.69, 9.17) is 14.7 Å². The molecule has 3 atom stereocenters. The largest absolute Gasteiger partial charge is 0.484 e. The molecule has 1 aromatic carbocycles. The van der Waals surface area contributed by atoms with Gasteiger partial charge in [0.15, 0.2) is 11.5 Å².